The second-order valence-corrected chi connectivity index (χ2v) is 32.2. The number of esters is 4. The van der Waals surface area contributed by atoms with Crippen LogP contribution < -0.4 is 0 Å². The SMILES string of the molecule is CCCCCCCCCCCCCCCCCCCCCCC(=O)O[C@H](COC(=O)CCCCCCCCCCCCCCCCCC)COP(=O)(O)OC[C@@H](O)COP(=O)(O)OC[C@@H](COC(=O)CCCCCCCCC(C)C)OC(=O)CCCCCCCCCCCCCCCC. The number of rotatable bonds is 80. The van der Waals surface area contributed by atoms with Crippen molar-refractivity contribution in [3.05, 3.63) is 0 Å². The topological polar surface area (TPSA) is 237 Å². The largest absolute Gasteiger partial charge is 0.472 e. The highest BCUT2D eigenvalue weighted by Crippen LogP contribution is 2.45. The van der Waals surface area contributed by atoms with E-state index in [0.717, 1.165) is 96.3 Å². The summed E-state index contributed by atoms with van der Waals surface area (Å²) in [5.74, 6) is -1.43. The molecule has 19 heteroatoms. The third-order valence-electron chi connectivity index (χ3n) is 18.8. The second kappa shape index (κ2) is 73.0. The van der Waals surface area contributed by atoms with Gasteiger partial charge in [-0.1, -0.05) is 375 Å². The first-order valence-electron chi connectivity index (χ1n) is 41.6. The van der Waals surface area contributed by atoms with E-state index in [0.29, 0.717) is 31.6 Å². The Kier molecular flexibility index (Phi) is 71.6. The Morgan fingerprint density at radius 2 is 0.465 bits per heavy atom. The standard InChI is InChI=1S/C80H156O17P2/c1-6-9-12-15-18-21-24-27-30-32-33-34-35-37-40-43-46-49-56-61-66-79(84)96-75(69-90-77(82)63-58-53-47-44-41-39-36-31-28-25-22-19-16-13-10-7-2)71-94-98(86,87)92-67-74(81)68-93-99(88,89)95-72-76(70-91-78(83)64-59-54-51-50-52-57-62-73(4)5)97-80(85)65-60-55-48-45-42-38-29-26-23-20-17-14-11-8-3/h73-76,81H,6-72H2,1-5H3,(H,86,87)(H,88,89)/t74-,75-,76-/m1/s1. The molecule has 0 aromatic rings. The van der Waals surface area contributed by atoms with Crippen LogP contribution in [0.4, 0.5) is 0 Å². The Labute approximate surface area is 607 Å². The van der Waals surface area contributed by atoms with Gasteiger partial charge in [0.25, 0.3) is 0 Å². The molecule has 5 atom stereocenters. The van der Waals surface area contributed by atoms with Gasteiger partial charge in [0, 0.05) is 25.7 Å². The summed E-state index contributed by atoms with van der Waals surface area (Å²) in [7, 11) is -9.92. The maximum absolute atomic E-state index is 13.1. The van der Waals surface area contributed by atoms with Crippen molar-refractivity contribution in [2.45, 2.75) is 445 Å². The first-order chi connectivity index (χ1) is 48.0. The van der Waals surface area contributed by atoms with E-state index in [1.54, 1.807) is 0 Å². The van der Waals surface area contributed by atoms with Gasteiger partial charge in [0.15, 0.2) is 12.2 Å². The normalized spacial score (nSPS) is 13.9. The van der Waals surface area contributed by atoms with E-state index in [4.69, 9.17) is 37.0 Å². The van der Waals surface area contributed by atoms with E-state index in [1.165, 1.54) is 244 Å². The van der Waals surface area contributed by atoms with Crippen LogP contribution in [0.15, 0.2) is 0 Å². The number of phosphoric acid groups is 2. The lowest BCUT2D eigenvalue weighted by Crippen LogP contribution is -2.30. The van der Waals surface area contributed by atoms with Gasteiger partial charge >= 0.3 is 39.5 Å². The zero-order valence-corrected chi connectivity index (χ0v) is 66.4. The molecule has 0 spiro atoms. The van der Waals surface area contributed by atoms with Gasteiger partial charge in [-0.15, -0.1) is 0 Å². The molecule has 0 aromatic heterocycles. The summed E-state index contributed by atoms with van der Waals surface area (Å²) < 4.78 is 68.6. The second-order valence-electron chi connectivity index (χ2n) is 29.3. The maximum Gasteiger partial charge on any atom is 0.472 e. The van der Waals surface area contributed by atoms with E-state index in [1.807, 2.05) is 0 Å². The minimum atomic E-state index is -4.96. The predicted octanol–water partition coefficient (Wildman–Crippen LogP) is 24.0. The fourth-order valence-corrected chi connectivity index (χ4v) is 14.0. The number of aliphatic hydroxyl groups excluding tert-OH is 1. The minimum absolute atomic E-state index is 0.107. The molecule has 2 unspecified atom stereocenters. The van der Waals surface area contributed by atoms with Gasteiger partial charge in [-0.05, 0) is 31.6 Å². The highest BCUT2D eigenvalue weighted by molar-refractivity contribution is 7.47. The van der Waals surface area contributed by atoms with Crippen LogP contribution in [0.5, 0.6) is 0 Å². The fraction of sp³-hybridized carbons (Fsp3) is 0.950. The molecule has 99 heavy (non-hydrogen) atoms. The van der Waals surface area contributed by atoms with Crippen molar-refractivity contribution < 1.29 is 80.2 Å². The summed E-state index contributed by atoms with van der Waals surface area (Å²) in [6.45, 7) is 7.24. The van der Waals surface area contributed by atoms with Crippen molar-refractivity contribution in [3.63, 3.8) is 0 Å². The third kappa shape index (κ3) is 74.1. The minimum Gasteiger partial charge on any atom is -0.462 e. The molecule has 17 nitrogen and oxygen atoms in total. The van der Waals surface area contributed by atoms with Crippen LogP contribution >= 0.6 is 15.6 Å². The van der Waals surface area contributed by atoms with E-state index >= 15 is 0 Å². The molecule has 0 amide bonds. The maximum atomic E-state index is 13.1. The smallest absolute Gasteiger partial charge is 0.462 e. The van der Waals surface area contributed by atoms with E-state index in [9.17, 15) is 43.2 Å². The molecule has 588 valence electrons. The Morgan fingerprint density at radius 1 is 0.273 bits per heavy atom. The third-order valence-corrected chi connectivity index (χ3v) is 20.7. The zero-order valence-electron chi connectivity index (χ0n) is 64.6. The number of hydrogen-bond donors (Lipinski definition) is 3. The van der Waals surface area contributed by atoms with Crippen LogP contribution in [0.3, 0.4) is 0 Å². The predicted molar refractivity (Wildman–Crippen MR) is 405 cm³/mol. The molecule has 0 saturated carbocycles. The van der Waals surface area contributed by atoms with Gasteiger partial charge in [0.1, 0.15) is 19.3 Å². The van der Waals surface area contributed by atoms with Crippen molar-refractivity contribution in [3.8, 4) is 0 Å². The van der Waals surface area contributed by atoms with Crippen molar-refractivity contribution in [2.24, 2.45) is 5.92 Å². The average Bonchev–Trinajstić information content (AvgIpc) is 0.984. The van der Waals surface area contributed by atoms with Crippen LogP contribution in [0.25, 0.3) is 0 Å². The highest BCUT2D eigenvalue weighted by atomic mass is 31.2. The quantitative estimate of drug-likeness (QED) is 0.0222. The first-order valence-corrected chi connectivity index (χ1v) is 44.6. The number of ether oxygens (including phenoxy) is 4. The molecule has 0 saturated heterocycles. The number of carbonyl (C=O) groups excluding carboxylic acids is 4. The molecule has 0 bridgehead atoms. The molecular formula is C80H156O17P2. The van der Waals surface area contributed by atoms with Crippen LogP contribution in [0, 0.1) is 5.92 Å². The lowest BCUT2D eigenvalue weighted by molar-refractivity contribution is -0.161. The monoisotopic (exact) mass is 1450 g/mol. The van der Waals surface area contributed by atoms with Crippen LogP contribution in [0.2, 0.25) is 0 Å². The Bertz CT molecular complexity index is 1890. The van der Waals surface area contributed by atoms with Crippen LogP contribution in [-0.2, 0) is 65.4 Å². The molecule has 0 aliphatic carbocycles. The molecule has 0 aliphatic heterocycles. The Morgan fingerprint density at radius 3 is 0.687 bits per heavy atom. The molecule has 0 aliphatic rings. The molecular weight excluding hydrogens is 1290 g/mol. The summed E-state index contributed by atoms with van der Waals surface area (Å²) in [6, 6.07) is 0. The van der Waals surface area contributed by atoms with Gasteiger partial charge in [-0.2, -0.15) is 0 Å². The van der Waals surface area contributed by atoms with Crippen LogP contribution in [-0.4, -0.2) is 96.7 Å². The van der Waals surface area contributed by atoms with Gasteiger partial charge in [-0.3, -0.25) is 37.3 Å². The highest BCUT2D eigenvalue weighted by Gasteiger charge is 2.30. The van der Waals surface area contributed by atoms with E-state index in [2.05, 4.69) is 34.6 Å². The van der Waals surface area contributed by atoms with Gasteiger partial charge < -0.3 is 33.8 Å². The molecule has 0 fully saturated rings. The Hall–Kier alpha value is -1.94. The van der Waals surface area contributed by atoms with Gasteiger partial charge in [0.2, 0.25) is 0 Å². The molecule has 0 heterocycles. The molecule has 0 aromatic carbocycles. The number of unbranched alkanes of at least 4 members (excludes halogenated alkanes) is 52. The summed E-state index contributed by atoms with van der Waals surface area (Å²) in [4.78, 5) is 72.9. The fourth-order valence-electron chi connectivity index (χ4n) is 12.4. The van der Waals surface area contributed by atoms with Crippen molar-refractivity contribution in [1.29, 1.82) is 0 Å². The number of carbonyl (C=O) groups is 4. The summed E-state index contributed by atoms with van der Waals surface area (Å²) in [5, 5.41) is 10.6. The van der Waals surface area contributed by atoms with E-state index < -0.39 is 97.5 Å². The van der Waals surface area contributed by atoms with Crippen molar-refractivity contribution >= 4 is 39.5 Å². The average molecular weight is 1450 g/mol. The summed E-state index contributed by atoms with van der Waals surface area (Å²) in [6.07, 6.45) is 64.0. The lowest BCUT2D eigenvalue weighted by Gasteiger charge is -2.21. The van der Waals surface area contributed by atoms with Gasteiger partial charge in [-0.25, -0.2) is 9.13 Å². The van der Waals surface area contributed by atoms with Crippen molar-refractivity contribution in [1.82, 2.24) is 0 Å². The number of phosphoric ester groups is 2. The molecule has 0 rings (SSSR count). The number of hydrogen-bond acceptors (Lipinski definition) is 15. The summed E-state index contributed by atoms with van der Waals surface area (Å²) >= 11 is 0. The molecule has 0 radical (unpaired) electrons. The zero-order chi connectivity index (χ0) is 72.7. The lowest BCUT2D eigenvalue weighted by atomic mass is 10.0. The number of aliphatic hydroxyl groups is 1. The van der Waals surface area contributed by atoms with Crippen molar-refractivity contribution in [2.75, 3.05) is 39.6 Å². The van der Waals surface area contributed by atoms with E-state index in [-0.39, 0.29) is 25.7 Å². The first kappa shape index (κ1) is 97.1. The van der Waals surface area contributed by atoms with Crippen LogP contribution in [0.1, 0.15) is 426 Å². The molecule has 3 N–H and O–H groups in total. The van der Waals surface area contributed by atoms with Gasteiger partial charge in [0.05, 0.1) is 26.4 Å². The summed E-state index contributed by atoms with van der Waals surface area (Å²) in [5.41, 5.74) is 0. The Balaban J connectivity index is 5.21.